The first-order valence-electron chi connectivity index (χ1n) is 8.62. The summed E-state index contributed by atoms with van der Waals surface area (Å²) in [6, 6.07) is 11.9. The second kappa shape index (κ2) is 6.71. The Morgan fingerprint density at radius 1 is 1.00 bits per heavy atom. The monoisotopic (exact) mass is 336 g/mol. The predicted octanol–water partition coefficient (Wildman–Crippen LogP) is 3.91. The third-order valence-electron chi connectivity index (χ3n) is 5.09. The van der Waals surface area contributed by atoms with Gasteiger partial charge in [0.1, 0.15) is 0 Å². The van der Waals surface area contributed by atoms with E-state index in [-0.39, 0.29) is 24.2 Å². The fourth-order valence-corrected chi connectivity index (χ4v) is 3.38. The molecule has 0 spiro atoms. The zero-order chi connectivity index (χ0) is 18.1. The number of anilines is 2. The van der Waals surface area contributed by atoms with Crippen molar-refractivity contribution < 1.29 is 9.59 Å². The van der Waals surface area contributed by atoms with Crippen molar-refractivity contribution in [3.8, 4) is 0 Å². The molecule has 1 N–H and O–H groups in total. The summed E-state index contributed by atoms with van der Waals surface area (Å²) in [6.07, 6.45) is 0.254. The summed E-state index contributed by atoms with van der Waals surface area (Å²) >= 11 is 0. The lowest BCUT2D eigenvalue weighted by molar-refractivity contribution is -0.122. The molecule has 2 aromatic rings. The van der Waals surface area contributed by atoms with Gasteiger partial charge in [0.2, 0.25) is 11.8 Å². The lowest BCUT2D eigenvalue weighted by Crippen LogP contribution is -2.29. The molecule has 4 nitrogen and oxygen atoms in total. The lowest BCUT2D eigenvalue weighted by Gasteiger charge is -2.20. The Morgan fingerprint density at radius 3 is 2.28 bits per heavy atom. The molecule has 1 saturated heterocycles. The molecule has 2 aromatic carbocycles. The molecular weight excluding hydrogens is 312 g/mol. The van der Waals surface area contributed by atoms with Crippen LogP contribution in [0.3, 0.4) is 0 Å². The summed E-state index contributed by atoms with van der Waals surface area (Å²) < 4.78 is 0. The first kappa shape index (κ1) is 17.2. The Kier molecular flexibility index (Phi) is 4.62. The topological polar surface area (TPSA) is 49.4 Å². The van der Waals surface area contributed by atoms with Crippen molar-refractivity contribution in [2.45, 2.75) is 34.1 Å². The smallest absolute Gasteiger partial charge is 0.229 e. The van der Waals surface area contributed by atoms with Crippen molar-refractivity contribution in [3.05, 3.63) is 58.7 Å². The molecule has 1 aliphatic rings. The molecule has 0 saturated carbocycles. The van der Waals surface area contributed by atoms with Crippen LogP contribution in [0, 0.1) is 33.6 Å². The standard InChI is InChI=1S/C21H24N2O2/c1-13-7-6-10-18(16(13)4)23-12-17(11-19(23)24)21(25)22-20-14(2)8-5-9-15(20)3/h5-10,17H,11-12H2,1-4H3,(H,22,25). The van der Waals surface area contributed by atoms with Crippen molar-refractivity contribution in [1.29, 1.82) is 0 Å². The highest BCUT2D eigenvalue weighted by Crippen LogP contribution is 2.30. The van der Waals surface area contributed by atoms with Crippen molar-refractivity contribution in [2.75, 3.05) is 16.8 Å². The first-order valence-corrected chi connectivity index (χ1v) is 8.62. The summed E-state index contributed by atoms with van der Waals surface area (Å²) in [6.45, 7) is 8.43. The van der Waals surface area contributed by atoms with E-state index in [4.69, 9.17) is 0 Å². The average Bonchev–Trinajstić information content (AvgIpc) is 2.95. The number of rotatable bonds is 3. The number of amides is 2. The van der Waals surface area contributed by atoms with E-state index in [9.17, 15) is 9.59 Å². The van der Waals surface area contributed by atoms with Gasteiger partial charge in [-0.1, -0.05) is 30.3 Å². The molecule has 25 heavy (non-hydrogen) atoms. The Labute approximate surface area is 148 Å². The molecular formula is C21H24N2O2. The zero-order valence-electron chi connectivity index (χ0n) is 15.2. The van der Waals surface area contributed by atoms with Gasteiger partial charge in [0.25, 0.3) is 0 Å². The maximum Gasteiger partial charge on any atom is 0.229 e. The minimum atomic E-state index is -0.327. The number of aryl methyl sites for hydroxylation is 3. The van der Waals surface area contributed by atoms with E-state index in [0.717, 1.165) is 33.6 Å². The number of hydrogen-bond acceptors (Lipinski definition) is 2. The number of carbonyl (C=O) groups excluding carboxylic acids is 2. The number of para-hydroxylation sites is 1. The molecule has 0 bridgehead atoms. The van der Waals surface area contributed by atoms with Crippen LogP contribution in [0.5, 0.6) is 0 Å². The number of carbonyl (C=O) groups is 2. The minimum Gasteiger partial charge on any atom is -0.325 e. The fraction of sp³-hybridized carbons (Fsp3) is 0.333. The van der Waals surface area contributed by atoms with E-state index >= 15 is 0 Å². The van der Waals surface area contributed by atoms with Gasteiger partial charge in [-0.15, -0.1) is 0 Å². The molecule has 1 aliphatic heterocycles. The van der Waals surface area contributed by atoms with Crippen LogP contribution >= 0.6 is 0 Å². The molecule has 3 rings (SSSR count). The van der Waals surface area contributed by atoms with Crippen LogP contribution in [-0.4, -0.2) is 18.4 Å². The number of benzene rings is 2. The fourth-order valence-electron chi connectivity index (χ4n) is 3.38. The molecule has 0 radical (unpaired) electrons. The molecule has 0 aromatic heterocycles. The van der Waals surface area contributed by atoms with Gasteiger partial charge in [0, 0.05) is 24.3 Å². The SMILES string of the molecule is Cc1cccc(N2CC(C(=O)Nc3c(C)cccc3C)CC2=O)c1C. The normalized spacial score (nSPS) is 17.0. The van der Waals surface area contributed by atoms with Crippen LogP contribution in [0.4, 0.5) is 11.4 Å². The van der Waals surface area contributed by atoms with Gasteiger partial charge >= 0.3 is 0 Å². The highest BCUT2D eigenvalue weighted by Gasteiger charge is 2.36. The van der Waals surface area contributed by atoms with Gasteiger partial charge in [0.15, 0.2) is 0 Å². The quantitative estimate of drug-likeness (QED) is 0.924. The van der Waals surface area contributed by atoms with Crippen LogP contribution in [0.1, 0.15) is 28.7 Å². The third-order valence-corrected chi connectivity index (χ3v) is 5.09. The Hall–Kier alpha value is -2.62. The first-order chi connectivity index (χ1) is 11.9. The van der Waals surface area contributed by atoms with Crippen molar-refractivity contribution >= 4 is 23.2 Å². The van der Waals surface area contributed by atoms with E-state index in [0.29, 0.717) is 6.54 Å². The molecule has 2 amide bonds. The summed E-state index contributed by atoms with van der Waals surface area (Å²) in [4.78, 5) is 26.9. The van der Waals surface area contributed by atoms with Crippen molar-refractivity contribution in [2.24, 2.45) is 5.92 Å². The average molecular weight is 336 g/mol. The van der Waals surface area contributed by atoms with E-state index in [1.807, 2.05) is 64.1 Å². The van der Waals surface area contributed by atoms with Crippen LogP contribution < -0.4 is 10.2 Å². The molecule has 1 heterocycles. The maximum absolute atomic E-state index is 12.7. The molecule has 0 aliphatic carbocycles. The lowest BCUT2D eigenvalue weighted by atomic mass is 10.1. The third kappa shape index (κ3) is 3.29. The van der Waals surface area contributed by atoms with Crippen LogP contribution in [0.25, 0.3) is 0 Å². The van der Waals surface area contributed by atoms with Crippen LogP contribution in [-0.2, 0) is 9.59 Å². The van der Waals surface area contributed by atoms with Gasteiger partial charge in [0.05, 0.1) is 5.92 Å². The van der Waals surface area contributed by atoms with Crippen LogP contribution in [0.2, 0.25) is 0 Å². The van der Waals surface area contributed by atoms with Gasteiger partial charge in [-0.3, -0.25) is 9.59 Å². The molecule has 130 valence electrons. The predicted molar refractivity (Wildman–Crippen MR) is 101 cm³/mol. The molecule has 1 fully saturated rings. The Bertz CT molecular complexity index is 822. The molecule has 4 heteroatoms. The highest BCUT2D eigenvalue weighted by molar-refractivity contribution is 6.04. The van der Waals surface area contributed by atoms with Gasteiger partial charge in [-0.05, 0) is 56.0 Å². The second-order valence-electron chi connectivity index (χ2n) is 6.88. The van der Waals surface area contributed by atoms with Gasteiger partial charge < -0.3 is 10.2 Å². The second-order valence-corrected chi connectivity index (χ2v) is 6.88. The zero-order valence-corrected chi connectivity index (χ0v) is 15.2. The summed E-state index contributed by atoms with van der Waals surface area (Å²) in [5.41, 5.74) is 6.06. The number of nitrogens with zero attached hydrogens (tertiary/aromatic N) is 1. The van der Waals surface area contributed by atoms with Gasteiger partial charge in [-0.2, -0.15) is 0 Å². The van der Waals surface area contributed by atoms with Crippen molar-refractivity contribution in [1.82, 2.24) is 0 Å². The summed E-state index contributed by atoms with van der Waals surface area (Å²) in [5.74, 6) is -0.402. The Morgan fingerprint density at radius 2 is 1.60 bits per heavy atom. The summed E-state index contributed by atoms with van der Waals surface area (Å²) in [7, 11) is 0. The van der Waals surface area contributed by atoms with E-state index in [1.165, 1.54) is 0 Å². The van der Waals surface area contributed by atoms with Crippen molar-refractivity contribution in [3.63, 3.8) is 0 Å². The molecule has 1 unspecified atom stereocenters. The van der Waals surface area contributed by atoms with Gasteiger partial charge in [-0.25, -0.2) is 0 Å². The number of hydrogen-bond donors (Lipinski definition) is 1. The van der Waals surface area contributed by atoms with E-state index in [2.05, 4.69) is 5.32 Å². The van der Waals surface area contributed by atoms with Crippen LogP contribution in [0.15, 0.2) is 36.4 Å². The maximum atomic E-state index is 12.7. The molecule has 1 atom stereocenters. The summed E-state index contributed by atoms with van der Waals surface area (Å²) in [5, 5.41) is 3.02. The number of nitrogens with one attached hydrogen (secondary N) is 1. The Balaban J connectivity index is 1.78. The largest absolute Gasteiger partial charge is 0.325 e. The van der Waals surface area contributed by atoms with E-state index in [1.54, 1.807) is 4.90 Å². The van der Waals surface area contributed by atoms with E-state index < -0.39 is 0 Å². The highest BCUT2D eigenvalue weighted by atomic mass is 16.2. The minimum absolute atomic E-state index is 0.00959.